The van der Waals surface area contributed by atoms with Crippen molar-refractivity contribution in [2.75, 3.05) is 11.1 Å². The second kappa shape index (κ2) is 8.39. The van der Waals surface area contributed by atoms with E-state index in [1.165, 1.54) is 12.1 Å². The third-order valence-electron chi connectivity index (χ3n) is 4.06. The number of carbonyl (C=O) groups excluding carboxylic acids is 1. The van der Waals surface area contributed by atoms with Gasteiger partial charge in [0, 0.05) is 18.0 Å². The van der Waals surface area contributed by atoms with Crippen molar-refractivity contribution in [1.29, 1.82) is 0 Å². The molecule has 3 aromatic rings. The summed E-state index contributed by atoms with van der Waals surface area (Å²) in [5.41, 5.74) is 1.23. The van der Waals surface area contributed by atoms with E-state index in [1.54, 1.807) is 24.4 Å². The number of carbonyl (C=O) groups is 1. The van der Waals surface area contributed by atoms with E-state index in [0.29, 0.717) is 17.0 Å². The van der Waals surface area contributed by atoms with Gasteiger partial charge in [0.15, 0.2) is 9.84 Å². The summed E-state index contributed by atoms with van der Waals surface area (Å²) < 4.78 is 30.5. The molecule has 0 atom stereocenters. The predicted octanol–water partition coefficient (Wildman–Crippen LogP) is 3.82. The minimum atomic E-state index is -3.57. The van der Waals surface area contributed by atoms with Crippen LogP contribution in [0, 0.1) is 0 Å². The summed E-state index contributed by atoms with van der Waals surface area (Å²) in [6.45, 7) is 3.80. The third kappa shape index (κ3) is 4.86. The first kappa shape index (κ1) is 19.8. The van der Waals surface area contributed by atoms with Crippen molar-refractivity contribution >= 4 is 32.3 Å². The standard InChI is InChI=1S/C21H22N2O4S/c1-15(2)27-17-8-10-18(11-9-17)28(25,26)14-12-20(24)23-19-7-3-5-16-6-4-13-22-21(16)19/h3-11,13,15H,12,14H2,1-2H3,(H,23,24). The zero-order valence-corrected chi connectivity index (χ0v) is 16.6. The van der Waals surface area contributed by atoms with Gasteiger partial charge < -0.3 is 10.1 Å². The van der Waals surface area contributed by atoms with Gasteiger partial charge in [-0.25, -0.2) is 8.42 Å². The van der Waals surface area contributed by atoms with Crippen LogP contribution in [0.4, 0.5) is 5.69 Å². The van der Waals surface area contributed by atoms with Crippen molar-refractivity contribution < 1.29 is 17.9 Å². The number of para-hydroxylation sites is 1. The molecule has 0 spiro atoms. The minimum absolute atomic E-state index is 0.00899. The Morgan fingerprint density at radius 1 is 1.07 bits per heavy atom. The molecule has 146 valence electrons. The number of hydrogen-bond donors (Lipinski definition) is 1. The van der Waals surface area contributed by atoms with Gasteiger partial charge in [0.05, 0.1) is 28.0 Å². The van der Waals surface area contributed by atoms with Gasteiger partial charge in [0.1, 0.15) is 5.75 Å². The Morgan fingerprint density at radius 2 is 1.79 bits per heavy atom. The van der Waals surface area contributed by atoms with Gasteiger partial charge in [-0.15, -0.1) is 0 Å². The van der Waals surface area contributed by atoms with Gasteiger partial charge in [-0.3, -0.25) is 9.78 Å². The van der Waals surface area contributed by atoms with E-state index in [2.05, 4.69) is 10.3 Å². The summed E-state index contributed by atoms with van der Waals surface area (Å²) >= 11 is 0. The summed E-state index contributed by atoms with van der Waals surface area (Å²) in [5, 5.41) is 3.65. The summed E-state index contributed by atoms with van der Waals surface area (Å²) in [5.74, 6) is -0.0434. The zero-order valence-electron chi connectivity index (χ0n) is 15.8. The molecule has 1 amide bonds. The monoisotopic (exact) mass is 398 g/mol. The number of fused-ring (bicyclic) bond motifs is 1. The molecule has 2 aromatic carbocycles. The van der Waals surface area contributed by atoms with Gasteiger partial charge in [-0.2, -0.15) is 0 Å². The molecule has 0 unspecified atom stereocenters. The Labute approximate surface area is 164 Å². The lowest BCUT2D eigenvalue weighted by atomic mass is 10.2. The molecule has 1 N–H and O–H groups in total. The van der Waals surface area contributed by atoms with Crippen LogP contribution in [0.5, 0.6) is 5.75 Å². The van der Waals surface area contributed by atoms with Crippen LogP contribution >= 0.6 is 0 Å². The van der Waals surface area contributed by atoms with Crippen molar-refractivity contribution in [3.05, 3.63) is 60.8 Å². The van der Waals surface area contributed by atoms with Gasteiger partial charge in [-0.05, 0) is 50.2 Å². The lowest BCUT2D eigenvalue weighted by molar-refractivity contribution is -0.115. The zero-order chi connectivity index (χ0) is 20.1. The molecule has 0 aliphatic rings. The Kier molecular flexibility index (Phi) is 5.94. The molecule has 0 aliphatic heterocycles. The van der Waals surface area contributed by atoms with Crippen molar-refractivity contribution in [2.24, 2.45) is 0 Å². The van der Waals surface area contributed by atoms with Crippen molar-refractivity contribution in [2.45, 2.75) is 31.3 Å². The molecule has 0 radical (unpaired) electrons. The summed E-state index contributed by atoms with van der Waals surface area (Å²) in [6.07, 6.45) is 1.51. The fourth-order valence-electron chi connectivity index (χ4n) is 2.76. The molecule has 1 aromatic heterocycles. The van der Waals surface area contributed by atoms with E-state index in [9.17, 15) is 13.2 Å². The lowest BCUT2D eigenvalue weighted by Crippen LogP contribution is -2.17. The molecule has 0 saturated heterocycles. The Hall–Kier alpha value is -2.93. The largest absolute Gasteiger partial charge is 0.491 e. The number of hydrogen-bond acceptors (Lipinski definition) is 5. The van der Waals surface area contributed by atoms with E-state index in [1.807, 2.05) is 38.1 Å². The van der Waals surface area contributed by atoms with Crippen LogP contribution in [0.3, 0.4) is 0 Å². The maximum Gasteiger partial charge on any atom is 0.225 e. The molecule has 3 rings (SSSR count). The molecule has 28 heavy (non-hydrogen) atoms. The normalized spacial score (nSPS) is 11.5. The Morgan fingerprint density at radius 3 is 2.50 bits per heavy atom. The van der Waals surface area contributed by atoms with Crippen molar-refractivity contribution in [3.8, 4) is 5.75 Å². The van der Waals surface area contributed by atoms with Crippen LogP contribution in [0.15, 0.2) is 65.7 Å². The van der Waals surface area contributed by atoms with E-state index < -0.39 is 9.84 Å². The first-order chi connectivity index (χ1) is 13.3. The highest BCUT2D eigenvalue weighted by atomic mass is 32.2. The number of amides is 1. The SMILES string of the molecule is CC(C)Oc1ccc(S(=O)(=O)CCC(=O)Nc2cccc3cccnc23)cc1. The fourth-order valence-corrected chi connectivity index (χ4v) is 4.00. The van der Waals surface area contributed by atoms with Gasteiger partial charge in [0.25, 0.3) is 0 Å². The number of nitrogens with one attached hydrogen (secondary N) is 1. The highest BCUT2D eigenvalue weighted by Gasteiger charge is 2.17. The van der Waals surface area contributed by atoms with Crippen LogP contribution in [0.25, 0.3) is 10.9 Å². The van der Waals surface area contributed by atoms with E-state index in [-0.39, 0.29) is 29.1 Å². The van der Waals surface area contributed by atoms with Gasteiger partial charge >= 0.3 is 0 Å². The maximum atomic E-state index is 12.5. The van der Waals surface area contributed by atoms with Crippen LogP contribution in [0.1, 0.15) is 20.3 Å². The first-order valence-corrected chi connectivity index (χ1v) is 10.6. The molecular weight excluding hydrogens is 376 g/mol. The summed E-state index contributed by atoms with van der Waals surface area (Å²) in [7, 11) is -3.57. The minimum Gasteiger partial charge on any atom is -0.491 e. The second-order valence-corrected chi connectivity index (χ2v) is 8.74. The number of anilines is 1. The van der Waals surface area contributed by atoms with E-state index >= 15 is 0 Å². The lowest BCUT2D eigenvalue weighted by Gasteiger charge is -2.11. The molecule has 0 saturated carbocycles. The van der Waals surface area contributed by atoms with Crippen LogP contribution < -0.4 is 10.1 Å². The molecule has 0 aliphatic carbocycles. The maximum absolute atomic E-state index is 12.5. The number of nitrogens with zero attached hydrogens (tertiary/aromatic N) is 1. The highest BCUT2D eigenvalue weighted by Crippen LogP contribution is 2.22. The molecule has 0 bridgehead atoms. The van der Waals surface area contributed by atoms with Gasteiger partial charge in [0.2, 0.25) is 5.91 Å². The number of rotatable bonds is 7. The van der Waals surface area contributed by atoms with E-state index in [0.717, 1.165) is 5.39 Å². The quantitative estimate of drug-likeness (QED) is 0.654. The molecule has 1 heterocycles. The average Bonchev–Trinajstić information content (AvgIpc) is 2.67. The number of benzene rings is 2. The fraction of sp³-hybridized carbons (Fsp3) is 0.238. The molecular formula is C21H22N2O4S. The van der Waals surface area contributed by atoms with Crippen molar-refractivity contribution in [1.82, 2.24) is 4.98 Å². The Balaban J connectivity index is 1.64. The number of ether oxygens (including phenoxy) is 1. The van der Waals surface area contributed by atoms with Crippen molar-refractivity contribution in [3.63, 3.8) is 0 Å². The predicted molar refractivity (Wildman–Crippen MR) is 109 cm³/mol. The third-order valence-corrected chi connectivity index (χ3v) is 5.79. The van der Waals surface area contributed by atoms with Crippen LogP contribution in [-0.4, -0.2) is 31.2 Å². The number of aromatic nitrogens is 1. The smallest absolute Gasteiger partial charge is 0.225 e. The second-order valence-electron chi connectivity index (χ2n) is 6.64. The summed E-state index contributed by atoms with van der Waals surface area (Å²) in [4.78, 5) is 16.7. The molecule has 0 fully saturated rings. The topological polar surface area (TPSA) is 85.4 Å². The van der Waals surface area contributed by atoms with Crippen LogP contribution in [0.2, 0.25) is 0 Å². The number of pyridine rings is 1. The molecule has 6 nitrogen and oxygen atoms in total. The molecule has 7 heteroatoms. The Bertz CT molecular complexity index is 1070. The average molecular weight is 398 g/mol. The summed E-state index contributed by atoms with van der Waals surface area (Å²) in [6, 6.07) is 15.4. The van der Waals surface area contributed by atoms with E-state index in [4.69, 9.17) is 4.74 Å². The highest BCUT2D eigenvalue weighted by molar-refractivity contribution is 7.91. The van der Waals surface area contributed by atoms with Crippen LogP contribution in [-0.2, 0) is 14.6 Å². The van der Waals surface area contributed by atoms with Gasteiger partial charge in [-0.1, -0.05) is 18.2 Å². The first-order valence-electron chi connectivity index (χ1n) is 8.98. The number of sulfone groups is 1.